The molecule has 0 fully saturated rings. The Morgan fingerprint density at radius 2 is 0.934 bits per heavy atom. The van der Waals surface area contributed by atoms with E-state index in [0.29, 0.717) is 0 Å². The summed E-state index contributed by atoms with van der Waals surface area (Å²) in [6.07, 6.45) is 0. The number of aromatic nitrogens is 2. The van der Waals surface area contributed by atoms with Crippen LogP contribution in [0, 0.1) is 0 Å². The summed E-state index contributed by atoms with van der Waals surface area (Å²) in [5.74, 6) is 0.722. The first-order valence-electron chi connectivity index (χ1n) is 21.2. The van der Waals surface area contributed by atoms with Crippen molar-refractivity contribution in [3.8, 4) is 78.4 Å². The van der Waals surface area contributed by atoms with Gasteiger partial charge in [-0.05, 0) is 97.1 Å². The Kier molecular flexibility index (Phi) is 7.83. The van der Waals surface area contributed by atoms with Gasteiger partial charge in [-0.2, -0.15) is 0 Å². The minimum absolute atomic E-state index is 0.0612. The second-order valence-electron chi connectivity index (χ2n) is 17.7. The van der Waals surface area contributed by atoms with Crippen molar-refractivity contribution in [3.05, 3.63) is 204 Å². The van der Waals surface area contributed by atoms with Crippen molar-refractivity contribution >= 4 is 31.5 Å². The molecule has 0 radical (unpaired) electrons. The first-order valence-corrected chi connectivity index (χ1v) is 22.0. The molecule has 2 heterocycles. The van der Waals surface area contributed by atoms with Gasteiger partial charge in [-0.25, -0.2) is 9.97 Å². The van der Waals surface area contributed by atoms with Crippen LogP contribution in [0.2, 0.25) is 0 Å². The Hall–Kier alpha value is -6.94. The van der Waals surface area contributed by atoms with Crippen molar-refractivity contribution < 1.29 is 0 Å². The molecule has 0 saturated carbocycles. The van der Waals surface area contributed by atoms with E-state index in [-0.39, 0.29) is 10.8 Å². The number of fused-ring (bicyclic) bond motifs is 9. The standard InChI is InChI=1S/C58H42N2S/c1-57(2)47-23-12-11-19-41(47)44-32-50-46(33-49(44)57)54-40(20-14-24-48(54)58(50,3)4)39-29-30-53-45(31-39)42-21-13-22-43(55(42)61-53)52-34-51(59-56(60-52)38-17-9-6-10-18-38)37-27-25-36(26-28-37)35-15-7-5-8-16-35/h5-34H,1-4H3. The zero-order chi connectivity index (χ0) is 41.0. The summed E-state index contributed by atoms with van der Waals surface area (Å²) in [7, 11) is 0. The molecular weight excluding hydrogens is 757 g/mol. The van der Waals surface area contributed by atoms with Crippen LogP contribution in [0.15, 0.2) is 182 Å². The van der Waals surface area contributed by atoms with Gasteiger partial charge in [-0.1, -0.05) is 179 Å². The molecule has 2 aliphatic carbocycles. The SMILES string of the molecule is CC1(C)c2ccccc2-c2cc3c(cc21)-c1c(-c2ccc4sc5c(-c6cc(-c7ccc(-c8ccccc8)cc7)nc(-c7ccccc7)n6)cccc5c4c2)cccc1C3(C)C. The fourth-order valence-corrected chi connectivity index (χ4v) is 11.5. The third-order valence-corrected chi connectivity index (χ3v) is 14.8. The van der Waals surface area contributed by atoms with Crippen LogP contribution in [0.5, 0.6) is 0 Å². The molecule has 8 aromatic carbocycles. The minimum Gasteiger partial charge on any atom is -0.228 e. The Morgan fingerprint density at radius 1 is 0.361 bits per heavy atom. The molecule has 61 heavy (non-hydrogen) atoms. The molecule has 0 aliphatic heterocycles. The van der Waals surface area contributed by atoms with Gasteiger partial charge in [0.2, 0.25) is 0 Å². The topological polar surface area (TPSA) is 25.8 Å². The summed E-state index contributed by atoms with van der Waals surface area (Å²) >= 11 is 1.85. The number of hydrogen-bond acceptors (Lipinski definition) is 3. The predicted octanol–water partition coefficient (Wildman–Crippen LogP) is 15.8. The highest BCUT2D eigenvalue weighted by atomic mass is 32.1. The summed E-state index contributed by atoms with van der Waals surface area (Å²) in [5, 5.41) is 2.52. The van der Waals surface area contributed by atoms with Gasteiger partial charge in [-0.3, -0.25) is 0 Å². The molecule has 0 bridgehead atoms. The maximum atomic E-state index is 5.27. The van der Waals surface area contributed by atoms with E-state index < -0.39 is 0 Å². The molecule has 0 unspecified atom stereocenters. The van der Waals surface area contributed by atoms with Crippen molar-refractivity contribution in [3.63, 3.8) is 0 Å². The molecule has 0 spiro atoms. The smallest absolute Gasteiger partial charge is 0.160 e. The van der Waals surface area contributed by atoms with Gasteiger partial charge in [0.05, 0.1) is 11.4 Å². The fraction of sp³-hybridized carbons (Fsp3) is 0.103. The summed E-state index contributed by atoms with van der Waals surface area (Å²) in [4.78, 5) is 10.4. The highest BCUT2D eigenvalue weighted by molar-refractivity contribution is 7.26. The number of thiophene rings is 1. The normalized spacial score (nSPS) is 14.2. The second-order valence-corrected chi connectivity index (χ2v) is 18.8. The van der Waals surface area contributed by atoms with Crippen molar-refractivity contribution in [2.24, 2.45) is 0 Å². The minimum atomic E-state index is -0.121. The van der Waals surface area contributed by atoms with Crippen molar-refractivity contribution in [2.75, 3.05) is 0 Å². The maximum absolute atomic E-state index is 5.27. The molecule has 2 nitrogen and oxygen atoms in total. The monoisotopic (exact) mass is 798 g/mol. The highest BCUT2D eigenvalue weighted by Gasteiger charge is 2.42. The predicted molar refractivity (Wildman–Crippen MR) is 257 cm³/mol. The Morgan fingerprint density at radius 3 is 1.74 bits per heavy atom. The lowest BCUT2D eigenvalue weighted by molar-refractivity contribution is 0.652. The van der Waals surface area contributed by atoms with Crippen molar-refractivity contribution in [1.82, 2.24) is 9.97 Å². The van der Waals surface area contributed by atoms with Gasteiger partial charge in [0.15, 0.2) is 5.82 Å². The van der Waals surface area contributed by atoms with E-state index in [1.807, 2.05) is 17.4 Å². The van der Waals surface area contributed by atoms with Gasteiger partial charge in [0.25, 0.3) is 0 Å². The first kappa shape index (κ1) is 36.0. The van der Waals surface area contributed by atoms with Gasteiger partial charge >= 0.3 is 0 Å². The van der Waals surface area contributed by atoms with Crippen LogP contribution in [0.4, 0.5) is 0 Å². The molecule has 12 rings (SSSR count). The average Bonchev–Trinajstić information content (AvgIpc) is 3.88. The van der Waals surface area contributed by atoms with E-state index in [1.54, 1.807) is 0 Å². The van der Waals surface area contributed by atoms with Crippen LogP contribution >= 0.6 is 11.3 Å². The molecule has 0 atom stereocenters. The van der Waals surface area contributed by atoms with Crippen LogP contribution in [0.3, 0.4) is 0 Å². The van der Waals surface area contributed by atoms with E-state index >= 15 is 0 Å². The van der Waals surface area contributed by atoms with Gasteiger partial charge in [-0.15, -0.1) is 11.3 Å². The number of rotatable bonds is 5. The molecule has 10 aromatic rings. The fourth-order valence-electron chi connectivity index (χ4n) is 10.3. The third-order valence-electron chi connectivity index (χ3n) is 13.5. The lowest BCUT2D eigenvalue weighted by Crippen LogP contribution is -2.16. The number of nitrogens with zero attached hydrogens (tertiary/aromatic N) is 2. The first-order chi connectivity index (χ1) is 29.7. The van der Waals surface area contributed by atoms with E-state index in [0.717, 1.165) is 33.9 Å². The van der Waals surface area contributed by atoms with Gasteiger partial charge in [0, 0.05) is 47.7 Å². The van der Waals surface area contributed by atoms with Gasteiger partial charge in [0.1, 0.15) is 0 Å². The quantitative estimate of drug-likeness (QED) is 0.173. The lowest BCUT2D eigenvalue weighted by atomic mass is 9.79. The molecule has 0 amide bonds. The Labute approximate surface area is 360 Å². The summed E-state index contributed by atoms with van der Waals surface area (Å²) in [6, 6.07) is 66.5. The van der Waals surface area contributed by atoms with Gasteiger partial charge < -0.3 is 0 Å². The largest absolute Gasteiger partial charge is 0.228 e. The third kappa shape index (κ3) is 5.47. The van der Waals surface area contributed by atoms with Crippen LogP contribution in [-0.4, -0.2) is 9.97 Å². The Balaban J connectivity index is 0.990. The van der Waals surface area contributed by atoms with E-state index in [2.05, 4.69) is 204 Å². The van der Waals surface area contributed by atoms with E-state index in [4.69, 9.17) is 9.97 Å². The van der Waals surface area contributed by atoms with Crippen LogP contribution in [-0.2, 0) is 10.8 Å². The molecule has 290 valence electrons. The summed E-state index contributed by atoms with van der Waals surface area (Å²) in [6.45, 7) is 9.57. The molecule has 2 aliphatic rings. The zero-order valence-electron chi connectivity index (χ0n) is 34.6. The zero-order valence-corrected chi connectivity index (χ0v) is 35.4. The van der Waals surface area contributed by atoms with E-state index in [1.165, 1.54) is 86.9 Å². The summed E-state index contributed by atoms with van der Waals surface area (Å²) in [5.41, 5.74) is 20.9. The lowest BCUT2D eigenvalue weighted by Gasteiger charge is -2.24. The molecule has 0 N–H and O–H groups in total. The average molecular weight is 799 g/mol. The maximum Gasteiger partial charge on any atom is 0.160 e. The van der Waals surface area contributed by atoms with Crippen LogP contribution in [0.25, 0.3) is 98.6 Å². The molecular formula is C58H42N2S. The molecule has 0 saturated heterocycles. The van der Waals surface area contributed by atoms with E-state index in [9.17, 15) is 0 Å². The number of benzene rings is 8. The number of hydrogen-bond donors (Lipinski definition) is 0. The Bertz CT molecular complexity index is 3390. The summed E-state index contributed by atoms with van der Waals surface area (Å²) < 4.78 is 2.51. The van der Waals surface area contributed by atoms with Crippen molar-refractivity contribution in [2.45, 2.75) is 38.5 Å². The van der Waals surface area contributed by atoms with Crippen LogP contribution < -0.4 is 0 Å². The second kappa shape index (κ2) is 13.3. The van der Waals surface area contributed by atoms with Crippen molar-refractivity contribution in [1.29, 1.82) is 0 Å². The molecule has 2 aromatic heterocycles. The highest BCUT2D eigenvalue weighted by Crippen LogP contribution is 2.58. The van der Waals surface area contributed by atoms with Crippen LogP contribution in [0.1, 0.15) is 49.9 Å². The molecule has 3 heteroatoms.